The van der Waals surface area contributed by atoms with E-state index in [1.807, 2.05) is 42.8 Å². The van der Waals surface area contributed by atoms with Gasteiger partial charge < -0.3 is 9.47 Å². The lowest BCUT2D eigenvalue weighted by atomic mass is 10.1. The Balaban J connectivity index is 1.14. The normalized spacial score (nSPS) is 17.7. The Morgan fingerprint density at radius 1 is 1.11 bits per heavy atom. The van der Waals surface area contributed by atoms with Crippen LogP contribution in [0.2, 0.25) is 0 Å². The highest BCUT2D eigenvalue weighted by Gasteiger charge is 2.28. The highest BCUT2D eigenvalue weighted by atomic mass is 32.1. The molecule has 2 aliphatic heterocycles. The number of hydrogen-bond acceptors (Lipinski definition) is 6. The van der Waals surface area contributed by atoms with Crippen LogP contribution in [0, 0.1) is 5.82 Å². The molecule has 204 valence electrons. The van der Waals surface area contributed by atoms with Crippen molar-refractivity contribution >= 4 is 22.4 Å². The zero-order valence-electron chi connectivity index (χ0n) is 22.7. The fraction of sp³-hybridized carbons (Fsp3) is 0.536. The van der Waals surface area contributed by atoms with Crippen molar-refractivity contribution in [3.05, 3.63) is 64.9 Å². The summed E-state index contributed by atoms with van der Waals surface area (Å²) >= 11 is 1.59. The standard InChI is InChI=1S/C28H39FN7OS/c1-22(23-6-8-24(29)9-7-23)36-21-30-18-25(36)19-34-14-16-35(17-15-34)27(37)26-20-32(3)28(38-26)31(2)12-13-33-10-4-5-11-33/h6-9,18,20-22H,4-5,10-17,19H2,1-3H3/q+1. The minimum atomic E-state index is -0.226. The molecule has 3 aromatic rings. The van der Waals surface area contributed by atoms with Gasteiger partial charge in [0.2, 0.25) is 0 Å². The fourth-order valence-electron chi connectivity index (χ4n) is 5.47. The van der Waals surface area contributed by atoms with Crippen molar-refractivity contribution < 1.29 is 13.8 Å². The Bertz CT molecular complexity index is 1210. The van der Waals surface area contributed by atoms with Crippen molar-refractivity contribution in [1.82, 2.24) is 24.3 Å². The highest BCUT2D eigenvalue weighted by Crippen LogP contribution is 2.23. The monoisotopic (exact) mass is 540 g/mol. The quantitative estimate of drug-likeness (QED) is 0.391. The maximum absolute atomic E-state index is 13.4. The van der Waals surface area contributed by atoms with E-state index in [9.17, 15) is 9.18 Å². The van der Waals surface area contributed by atoms with Gasteiger partial charge in [-0.3, -0.25) is 19.5 Å². The van der Waals surface area contributed by atoms with Gasteiger partial charge in [0.1, 0.15) is 16.9 Å². The number of thiazole rings is 1. The second-order valence-corrected chi connectivity index (χ2v) is 11.6. The van der Waals surface area contributed by atoms with Crippen LogP contribution >= 0.6 is 11.3 Å². The number of hydrogen-bond donors (Lipinski definition) is 0. The zero-order chi connectivity index (χ0) is 26.6. The molecule has 2 saturated heterocycles. The van der Waals surface area contributed by atoms with E-state index >= 15 is 0 Å². The molecule has 38 heavy (non-hydrogen) atoms. The van der Waals surface area contributed by atoms with Gasteiger partial charge in [0, 0.05) is 45.5 Å². The van der Waals surface area contributed by atoms with Gasteiger partial charge in [0.15, 0.2) is 0 Å². The van der Waals surface area contributed by atoms with Gasteiger partial charge in [0.05, 0.1) is 38.7 Å². The number of rotatable bonds is 9. The number of carbonyl (C=O) groups excluding carboxylic acids is 1. The Labute approximate surface area is 228 Å². The van der Waals surface area contributed by atoms with Crippen LogP contribution in [0.15, 0.2) is 43.0 Å². The summed E-state index contributed by atoms with van der Waals surface area (Å²) < 4.78 is 17.6. The lowest BCUT2D eigenvalue weighted by Crippen LogP contribution is -2.48. The Morgan fingerprint density at radius 3 is 2.53 bits per heavy atom. The molecule has 0 saturated carbocycles. The molecule has 2 aromatic heterocycles. The molecule has 0 spiro atoms. The van der Waals surface area contributed by atoms with Crippen molar-refractivity contribution in [2.45, 2.75) is 32.4 Å². The molecule has 1 unspecified atom stereocenters. The molecule has 5 rings (SSSR count). The number of halogens is 1. The van der Waals surface area contributed by atoms with E-state index in [1.54, 1.807) is 11.3 Å². The van der Waals surface area contributed by atoms with Gasteiger partial charge in [-0.2, -0.15) is 0 Å². The smallest absolute Gasteiger partial charge is 0.335 e. The number of likely N-dealkylation sites (tertiary alicyclic amines) is 1. The van der Waals surface area contributed by atoms with Crippen LogP contribution in [-0.2, 0) is 13.6 Å². The van der Waals surface area contributed by atoms with E-state index in [0.29, 0.717) is 13.1 Å². The first-order chi connectivity index (χ1) is 18.4. The van der Waals surface area contributed by atoms with Crippen molar-refractivity contribution in [3.8, 4) is 0 Å². The van der Waals surface area contributed by atoms with Crippen LogP contribution in [0.4, 0.5) is 9.52 Å². The minimum absolute atomic E-state index is 0.0678. The van der Waals surface area contributed by atoms with Crippen molar-refractivity contribution in [1.29, 1.82) is 0 Å². The predicted molar refractivity (Wildman–Crippen MR) is 148 cm³/mol. The van der Waals surface area contributed by atoms with Crippen molar-refractivity contribution in [2.24, 2.45) is 7.05 Å². The molecule has 1 atom stereocenters. The van der Waals surface area contributed by atoms with Crippen LogP contribution in [0.5, 0.6) is 0 Å². The minimum Gasteiger partial charge on any atom is -0.335 e. The summed E-state index contributed by atoms with van der Waals surface area (Å²) in [4.78, 5) is 27.7. The van der Waals surface area contributed by atoms with E-state index in [-0.39, 0.29) is 17.8 Å². The molecule has 0 aliphatic carbocycles. The summed E-state index contributed by atoms with van der Waals surface area (Å²) in [5.74, 6) is -0.101. The number of aromatic nitrogens is 3. The molecule has 10 heteroatoms. The molecule has 2 fully saturated rings. The van der Waals surface area contributed by atoms with Gasteiger partial charge in [0.25, 0.3) is 5.91 Å². The van der Waals surface area contributed by atoms with Crippen LogP contribution in [0.3, 0.4) is 0 Å². The molecular weight excluding hydrogens is 501 g/mol. The Morgan fingerprint density at radius 2 is 1.82 bits per heavy atom. The molecule has 0 N–H and O–H groups in total. The summed E-state index contributed by atoms with van der Waals surface area (Å²) in [6.07, 6.45) is 8.35. The molecular formula is C28H39FN7OS+. The summed E-state index contributed by atoms with van der Waals surface area (Å²) in [5.41, 5.74) is 2.17. The van der Waals surface area contributed by atoms with E-state index in [1.165, 1.54) is 38.1 Å². The van der Waals surface area contributed by atoms with E-state index in [4.69, 9.17) is 0 Å². The first-order valence-corrected chi connectivity index (χ1v) is 14.4. The molecule has 0 bridgehead atoms. The lowest BCUT2D eigenvalue weighted by molar-refractivity contribution is -0.654. The third-order valence-corrected chi connectivity index (χ3v) is 9.14. The largest absolute Gasteiger partial charge is 0.336 e. The molecule has 4 heterocycles. The third kappa shape index (κ3) is 6.08. The van der Waals surface area contributed by atoms with Crippen molar-refractivity contribution in [2.75, 3.05) is 64.3 Å². The topological polar surface area (TPSA) is 51.7 Å². The van der Waals surface area contributed by atoms with Crippen LogP contribution in [-0.4, -0.2) is 89.6 Å². The molecule has 1 aromatic carbocycles. The average Bonchev–Trinajstić information content (AvgIpc) is 3.69. The van der Waals surface area contributed by atoms with Gasteiger partial charge in [-0.15, -0.1) is 0 Å². The van der Waals surface area contributed by atoms with E-state index < -0.39 is 0 Å². The second-order valence-electron chi connectivity index (χ2n) is 10.5. The van der Waals surface area contributed by atoms with Gasteiger partial charge in [-0.05, 0) is 61.9 Å². The number of anilines is 1. The van der Waals surface area contributed by atoms with Gasteiger partial charge in [-0.1, -0.05) is 12.1 Å². The number of piperazine rings is 1. The summed E-state index contributed by atoms with van der Waals surface area (Å²) in [5, 5.41) is 1.12. The highest BCUT2D eigenvalue weighted by molar-refractivity contribution is 7.17. The van der Waals surface area contributed by atoms with E-state index in [0.717, 1.165) is 54.0 Å². The average molecular weight is 541 g/mol. The molecule has 8 nitrogen and oxygen atoms in total. The number of aryl methyl sites for hydroxylation is 1. The SMILES string of the molecule is CC(c1ccc(F)cc1)n1cncc1CN1CCN(C(=O)c2c[n+](C)c(N(C)CCN3CCCC3)s2)CC1. The Kier molecular flexibility index (Phi) is 8.40. The second kappa shape index (κ2) is 11.9. The molecule has 1 amide bonds. The summed E-state index contributed by atoms with van der Waals surface area (Å²) in [6.45, 7) is 10.4. The van der Waals surface area contributed by atoms with Gasteiger partial charge in [-0.25, -0.2) is 13.9 Å². The summed E-state index contributed by atoms with van der Waals surface area (Å²) in [6, 6.07) is 6.73. The third-order valence-electron chi connectivity index (χ3n) is 7.86. The lowest BCUT2D eigenvalue weighted by Gasteiger charge is -2.34. The van der Waals surface area contributed by atoms with Gasteiger partial charge >= 0.3 is 5.13 Å². The van der Waals surface area contributed by atoms with Crippen LogP contribution in [0.25, 0.3) is 0 Å². The fourth-order valence-corrected chi connectivity index (χ4v) is 6.53. The maximum Gasteiger partial charge on any atom is 0.336 e. The first kappa shape index (κ1) is 26.8. The number of amides is 1. The number of likely N-dealkylation sites (N-methyl/N-ethyl adjacent to an activating group) is 1. The maximum atomic E-state index is 13.4. The number of imidazole rings is 1. The van der Waals surface area contributed by atoms with Crippen LogP contribution in [0.1, 0.15) is 46.7 Å². The zero-order valence-corrected chi connectivity index (χ0v) is 23.5. The summed E-state index contributed by atoms with van der Waals surface area (Å²) in [7, 11) is 4.15. The van der Waals surface area contributed by atoms with E-state index in [2.05, 4.69) is 42.8 Å². The number of nitrogens with zero attached hydrogens (tertiary/aromatic N) is 7. The first-order valence-electron chi connectivity index (χ1n) is 13.6. The molecule has 0 radical (unpaired) electrons. The predicted octanol–water partition coefficient (Wildman–Crippen LogP) is 3.01. The number of benzene rings is 1. The van der Waals surface area contributed by atoms with Crippen molar-refractivity contribution in [3.63, 3.8) is 0 Å². The molecule has 2 aliphatic rings. The number of carbonyl (C=O) groups is 1. The van der Waals surface area contributed by atoms with Crippen LogP contribution < -0.4 is 9.47 Å². The Hall–Kier alpha value is -2.82.